The van der Waals surface area contributed by atoms with Crippen LogP contribution in [0.1, 0.15) is 43.9 Å². The van der Waals surface area contributed by atoms with Crippen LogP contribution in [-0.2, 0) is 6.18 Å². The normalized spacial score (nSPS) is 20.2. The van der Waals surface area contributed by atoms with Gasteiger partial charge in [0.2, 0.25) is 0 Å². The third-order valence-corrected chi connectivity index (χ3v) is 3.88. The zero-order chi connectivity index (χ0) is 15.6. The van der Waals surface area contributed by atoms with Gasteiger partial charge < -0.3 is 9.64 Å². The van der Waals surface area contributed by atoms with Crippen LogP contribution in [-0.4, -0.2) is 36.1 Å². The minimum absolute atomic E-state index is 0.0415. The Hall–Kier alpha value is -1.30. The van der Waals surface area contributed by atoms with Crippen LogP contribution in [0.4, 0.5) is 13.2 Å². The van der Waals surface area contributed by atoms with Gasteiger partial charge in [0.05, 0.1) is 5.69 Å². The summed E-state index contributed by atoms with van der Waals surface area (Å²) in [5.74, 6) is -0.416. The van der Waals surface area contributed by atoms with Gasteiger partial charge in [-0.05, 0) is 38.4 Å². The van der Waals surface area contributed by atoms with Crippen molar-refractivity contribution in [2.24, 2.45) is 0 Å². The monoisotopic (exact) mass is 302 g/mol. The number of halogens is 3. The van der Waals surface area contributed by atoms with Crippen LogP contribution in [0.5, 0.6) is 5.75 Å². The third-order valence-electron chi connectivity index (χ3n) is 3.88. The fourth-order valence-electron chi connectivity index (χ4n) is 2.68. The van der Waals surface area contributed by atoms with Crippen molar-refractivity contribution in [1.82, 2.24) is 9.88 Å². The standard InChI is InChI=1S/C15H21F3N2O/c1-10(2)14-13(15(16,17)18)12(6-7-19-14)21-9-11-5-4-8-20(11)3/h6-7,10-11H,4-5,8-9H2,1-3H3. The molecule has 1 aromatic rings. The molecule has 2 heterocycles. The molecule has 0 aliphatic carbocycles. The Labute approximate surface area is 123 Å². The van der Waals surface area contributed by atoms with Crippen LogP contribution in [0.15, 0.2) is 12.3 Å². The first-order valence-corrected chi connectivity index (χ1v) is 7.20. The number of hydrogen-bond acceptors (Lipinski definition) is 3. The van der Waals surface area contributed by atoms with E-state index < -0.39 is 11.7 Å². The lowest BCUT2D eigenvalue weighted by Crippen LogP contribution is -2.31. The number of nitrogens with zero attached hydrogens (tertiary/aromatic N) is 2. The molecule has 2 rings (SSSR count). The Bertz CT molecular complexity index is 488. The second kappa shape index (κ2) is 6.22. The molecule has 0 amide bonds. The molecule has 0 aromatic carbocycles. The first-order valence-electron chi connectivity index (χ1n) is 7.20. The first kappa shape index (κ1) is 16.1. The SMILES string of the molecule is CC(C)c1nccc(OCC2CCCN2C)c1C(F)(F)F. The van der Waals surface area contributed by atoms with Gasteiger partial charge in [0.1, 0.15) is 17.9 Å². The van der Waals surface area contributed by atoms with E-state index in [-0.39, 0.29) is 30.0 Å². The fraction of sp³-hybridized carbons (Fsp3) is 0.667. The number of likely N-dealkylation sites (tertiary alicyclic amines) is 1. The number of rotatable bonds is 4. The van der Waals surface area contributed by atoms with Gasteiger partial charge >= 0.3 is 6.18 Å². The predicted molar refractivity (Wildman–Crippen MR) is 74.5 cm³/mol. The van der Waals surface area contributed by atoms with Crippen molar-refractivity contribution >= 4 is 0 Å². The molecule has 1 unspecified atom stereocenters. The smallest absolute Gasteiger partial charge is 0.421 e. The number of hydrogen-bond donors (Lipinski definition) is 0. The molecule has 3 nitrogen and oxygen atoms in total. The van der Waals surface area contributed by atoms with E-state index in [2.05, 4.69) is 9.88 Å². The summed E-state index contributed by atoms with van der Waals surface area (Å²) in [6.07, 6.45) is -1.05. The van der Waals surface area contributed by atoms with E-state index in [1.165, 1.54) is 12.3 Å². The van der Waals surface area contributed by atoms with Crippen molar-refractivity contribution in [3.05, 3.63) is 23.5 Å². The maximum Gasteiger partial charge on any atom is 0.421 e. The van der Waals surface area contributed by atoms with E-state index in [1.807, 2.05) is 7.05 Å². The molecule has 0 bridgehead atoms. The third kappa shape index (κ3) is 3.67. The van der Waals surface area contributed by atoms with E-state index in [0.717, 1.165) is 19.4 Å². The van der Waals surface area contributed by atoms with Gasteiger partial charge in [-0.3, -0.25) is 4.98 Å². The molecule has 6 heteroatoms. The summed E-state index contributed by atoms with van der Waals surface area (Å²) in [5.41, 5.74) is -0.694. The van der Waals surface area contributed by atoms with Crippen molar-refractivity contribution in [1.29, 1.82) is 0 Å². The molecular weight excluding hydrogens is 281 g/mol. The summed E-state index contributed by atoms with van der Waals surface area (Å²) in [6, 6.07) is 1.49. The van der Waals surface area contributed by atoms with E-state index >= 15 is 0 Å². The summed E-state index contributed by atoms with van der Waals surface area (Å²) < 4.78 is 45.5. The van der Waals surface area contributed by atoms with Crippen LogP contribution in [0, 0.1) is 0 Å². The van der Waals surface area contributed by atoms with Gasteiger partial charge in [0.15, 0.2) is 0 Å². The summed E-state index contributed by atoms with van der Waals surface area (Å²) in [6.45, 7) is 4.65. The number of aromatic nitrogens is 1. The minimum atomic E-state index is -4.45. The van der Waals surface area contributed by atoms with Crippen LogP contribution < -0.4 is 4.74 Å². The molecule has 0 saturated carbocycles. The molecule has 1 aromatic heterocycles. The molecule has 1 fully saturated rings. The molecular formula is C15H21F3N2O. The predicted octanol–water partition coefficient (Wildman–Crippen LogP) is 3.70. The van der Waals surface area contributed by atoms with Crippen molar-refractivity contribution in [2.75, 3.05) is 20.2 Å². The molecule has 1 aliphatic rings. The minimum Gasteiger partial charge on any atom is -0.491 e. The molecule has 118 valence electrons. The van der Waals surface area contributed by atoms with Crippen LogP contribution in [0.2, 0.25) is 0 Å². The second-order valence-electron chi connectivity index (χ2n) is 5.81. The topological polar surface area (TPSA) is 25.4 Å². The Morgan fingerprint density at radius 1 is 1.43 bits per heavy atom. The van der Waals surface area contributed by atoms with E-state index in [4.69, 9.17) is 4.74 Å². The lowest BCUT2D eigenvalue weighted by atomic mass is 10.0. The highest BCUT2D eigenvalue weighted by Crippen LogP contribution is 2.40. The Kier molecular flexibility index (Phi) is 4.76. The molecule has 0 spiro atoms. The van der Waals surface area contributed by atoms with Crippen molar-refractivity contribution in [2.45, 2.75) is 44.8 Å². The fourth-order valence-corrected chi connectivity index (χ4v) is 2.68. The molecule has 0 radical (unpaired) electrons. The number of ether oxygens (including phenoxy) is 1. The van der Waals surface area contributed by atoms with Crippen LogP contribution in [0.3, 0.4) is 0 Å². The largest absolute Gasteiger partial charge is 0.491 e. The number of pyridine rings is 1. The highest BCUT2D eigenvalue weighted by molar-refractivity contribution is 5.39. The van der Waals surface area contributed by atoms with Gasteiger partial charge in [0.25, 0.3) is 0 Å². The lowest BCUT2D eigenvalue weighted by Gasteiger charge is -2.22. The van der Waals surface area contributed by atoms with E-state index in [9.17, 15) is 13.2 Å². The highest BCUT2D eigenvalue weighted by atomic mass is 19.4. The Morgan fingerprint density at radius 3 is 2.67 bits per heavy atom. The Balaban J connectivity index is 2.24. The summed E-state index contributed by atoms with van der Waals surface area (Å²) >= 11 is 0. The average Bonchev–Trinajstić information content (AvgIpc) is 2.80. The maximum atomic E-state index is 13.3. The van der Waals surface area contributed by atoms with Crippen molar-refractivity contribution in [3.8, 4) is 5.75 Å². The zero-order valence-electron chi connectivity index (χ0n) is 12.6. The van der Waals surface area contributed by atoms with Gasteiger partial charge in [-0.15, -0.1) is 0 Å². The number of alkyl halides is 3. The van der Waals surface area contributed by atoms with Gasteiger partial charge in [-0.2, -0.15) is 13.2 Å². The number of likely N-dealkylation sites (N-methyl/N-ethyl adjacent to an activating group) is 1. The molecule has 1 atom stereocenters. The van der Waals surface area contributed by atoms with Crippen molar-refractivity contribution < 1.29 is 17.9 Å². The summed E-state index contributed by atoms with van der Waals surface area (Å²) in [5, 5.41) is 0. The van der Waals surface area contributed by atoms with Gasteiger partial charge in [-0.25, -0.2) is 0 Å². The average molecular weight is 302 g/mol. The molecule has 1 aliphatic heterocycles. The molecule has 21 heavy (non-hydrogen) atoms. The van der Waals surface area contributed by atoms with Crippen molar-refractivity contribution in [3.63, 3.8) is 0 Å². The first-order chi connectivity index (χ1) is 9.80. The maximum absolute atomic E-state index is 13.3. The van der Waals surface area contributed by atoms with Gasteiger partial charge in [0, 0.05) is 12.2 Å². The quantitative estimate of drug-likeness (QED) is 0.848. The molecule has 0 N–H and O–H groups in total. The van der Waals surface area contributed by atoms with Crippen LogP contribution in [0.25, 0.3) is 0 Å². The summed E-state index contributed by atoms with van der Waals surface area (Å²) in [4.78, 5) is 6.01. The van der Waals surface area contributed by atoms with Crippen LogP contribution >= 0.6 is 0 Å². The van der Waals surface area contributed by atoms with E-state index in [1.54, 1.807) is 13.8 Å². The lowest BCUT2D eigenvalue weighted by molar-refractivity contribution is -0.140. The summed E-state index contributed by atoms with van der Waals surface area (Å²) in [7, 11) is 1.97. The van der Waals surface area contributed by atoms with Gasteiger partial charge in [-0.1, -0.05) is 13.8 Å². The van der Waals surface area contributed by atoms with E-state index in [0.29, 0.717) is 0 Å². The second-order valence-corrected chi connectivity index (χ2v) is 5.81. The zero-order valence-corrected chi connectivity index (χ0v) is 12.6. The molecule has 1 saturated heterocycles. The highest BCUT2D eigenvalue weighted by Gasteiger charge is 2.39. The Morgan fingerprint density at radius 2 is 2.14 bits per heavy atom.